The molecule has 0 aliphatic rings. The van der Waals surface area contributed by atoms with E-state index >= 15 is 0 Å². The summed E-state index contributed by atoms with van der Waals surface area (Å²) in [6, 6.07) is 21.7. The van der Waals surface area contributed by atoms with E-state index in [4.69, 9.17) is 0 Å². The second-order valence-corrected chi connectivity index (χ2v) is 7.98. The molecule has 0 bridgehead atoms. The molecule has 3 aromatic carbocycles. The van der Waals surface area contributed by atoms with Gasteiger partial charge in [-0.15, -0.1) is 0 Å². The molecule has 0 aliphatic heterocycles. The number of aromatic amines is 1. The van der Waals surface area contributed by atoms with E-state index in [1.807, 2.05) is 43.3 Å². The average Bonchev–Trinajstić information content (AvgIpc) is 2.88. The number of nitrogens with zero attached hydrogens (tertiary/aromatic N) is 3. The van der Waals surface area contributed by atoms with Gasteiger partial charge in [-0.2, -0.15) is 10.2 Å². The molecule has 1 aromatic heterocycles. The van der Waals surface area contributed by atoms with Crippen molar-refractivity contribution >= 4 is 34.5 Å². The maximum absolute atomic E-state index is 13.2. The third-order valence-electron chi connectivity index (χ3n) is 5.37. The van der Waals surface area contributed by atoms with Crippen molar-refractivity contribution in [3.05, 3.63) is 106 Å². The van der Waals surface area contributed by atoms with Gasteiger partial charge in [0.25, 0.3) is 17.4 Å². The lowest BCUT2D eigenvalue weighted by molar-refractivity contribution is -0.123. The van der Waals surface area contributed by atoms with Crippen LogP contribution in [0.25, 0.3) is 10.8 Å². The van der Waals surface area contributed by atoms with Crippen LogP contribution >= 0.6 is 0 Å². The highest BCUT2D eigenvalue weighted by molar-refractivity contribution is 5.99. The maximum Gasteiger partial charge on any atom is 0.272 e. The Morgan fingerprint density at radius 1 is 0.943 bits per heavy atom. The fourth-order valence-corrected chi connectivity index (χ4v) is 3.51. The number of hydrogen-bond donors (Lipinski definition) is 3. The summed E-state index contributed by atoms with van der Waals surface area (Å²) >= 11 is 0. The van der Waals surface area contributed by atoms with Gasteiger partial charge in [0.2, 0.25) is 0 Å². The maximum atomic E-state index is 13.2. The van der Waals surface area contributed by atoms with Crippen LogP contribution in [0.2, 0.25) is 0 Å². The standard InChI is InChI=1S/C26H24N6O3/c1-32(2)19-14-12-17(13-15-19)16-27-30-26(35)23(28-24(33)18-8-4-3-5-9-18)22-20-10-6-7-11-21(20)25(34)31-29-22/h3-16,23H,1-2H3,(H,28,33)(H,30,35)(H,31,34)/b27-16-. The second-order valence-electron chi connectivity index (χ2n) is 7.98. The van der Waals surface area contributed by atoms with E-state index in [0.717, 1.165) is 11.3 Å². The number of benzene rings is 3. The van der Waals surface area contributed by atoms with Gasteiger partial charge in [-0.05, 0) is 35.9 Å². The zero-order chi connectivity index (χ0) is 24.8. The van der Waals surface area contributed by atoms with Crippen molar-refractivity contribution < 1.29 is 9.59 Å². The quantitative estimate of drug-likeness (QED) is 0.285. The molecule has 4 aromatic rings. The van der Waals surface area contributed by atoms with Crippen LogP contribution in [-0.4, -0.2) is 42.3 Å². The molecule has 2 amide bonds. The van der Waals surface area contributed by atoms with E-state index in [2.05, 4.69) is 26.0 Å². The largest absolute Gasteiger partial charge is 0.378 e. The van der Waals surface area contributed by atoms with Gasteiger partial charge in [-0.3, -0.25) is 14.4 Å². The number of carbonyl (C=O) groups is 2. The SMILES string of the molecule is CN(C)c1ccc(/C=N\NC(=O)C(NC(=O)c2ccccc2)c2n[nH]c(=O)c3ccccc23)cc1. The van der Waals surface area contributed by atoms with Crippen molar-refractivity contribution in [1.82, 2.24) is 20.9 Å². The molecule has 1 unspecified atom stereocenters. The number of anilines is 1. The fraction of sp³-hybridized carbons (Fsp3) is 0.115. The van der Waals surface area contributed by atoms with Gasteiger partial charge < -0.3 is 10.2 Å². The Labute approximate surface area is 201 Å². The lowest BCUT2D eigenvalue weighted by Gasteiger charge is -2.18. The molecule has 0 spiro atoms. The van der Waals surface area contributed by atoms with Crippen LogP contribution < -0.4 is 21.2 Å². The summed E-state index contributed by atoms with van der Waals surface area (Å²) in [6.45, 7) is 0. The van der Waals surface area contributed by atoms with Gasteiger partial charge in [0.1, 0.15) is 5.69 Å². The topological polar surface area (TPSA) is 120 Å². The van der Waals surface area contributed by atoms with Crippen molar-refractivity contribution in [2.75, 3.05) is 19.0 Å². The predicted molar refractivity (Wildman–Crippen MR) is 136 cm³/mol. The summed E-state index contributed by atoms with van der Waals surface area (Å²) in [6.07, 6.45) is 1.51. The van der Waals surface area contributed by atoms with E-state index in [1.165, 1.54) is 6.21 Å². The second kappa shape index (κ2) is 10.4. The molecule has 0 saturated carbocycles. The van der Waals surface area contributed by atoms with Gasteiger partial charge in [0, 0.05) is 30.7 Å². The molecule has 0 fully saturated rings. The minimum Gasteiger partial charge on any atom is -0.378 e. The Bertz CT molecular complexity index is 1430. The van der Waals surface area contributed by atoms with Crippen molar-refractivity contribution in [2.45, 2.75) is 6.04 Å². The molecule has 9 heteroatoms. The zero-order valence-corrected chi connectivity index (χ0v) is 19.2. The first-order valence-electron chi connectivity index (χ1n) is 10.9. The van der Waals surface area contributed by atoms with Gasteiger partial charge in [-0.1, -0.05) is 48.5 Å². The summed E-state index contributed by atoms with van der Waals surface area (Å²) in [4.78, 5) is 40.3. The van der Waals surface area contributed by atoms with Crippen molar-refractivity contribution in [2.24, 2.45) is 5.10 Å². The minimum atomic E-state index is -1.21. The zero-order valence-electron chi connectivity index (χ0n) is 19.2. The van der Waals surface area contributed by atoms with E-state index in [1.54, 1.807) is 54.6 Å². The molecule has 176 valence electrons. The lowest BCUT2D eigenvalue weighted by Crippen LogP contribution is -2.40. The summed E-state index contributed by atoms with van der Waals surface area (Å²) in [5.74, 6) is -1.08. The number of carbonyl (C=O) groups excluding carboxylic acids is 2. The summed E-state index contributed by atoms with van der Waals surface area (Å²) in [5.41, 5.74) is 4.48. The molecule has 0 radical (unpaired) electrons. The molecule has 1 atom stereocenters. The van der Waals surface area contributed by atoms with Crippen LogP contribution in [0.5, 0.6) is 0 Å². The molecule has 0 aliphatic carbocycles. The molecular weight excluding hydrogens is 444 g/mol. The van der Waals surface area contributed by atoms with Gasteiger partial charge >= 0.3 is 0 Å². The Morgan fingerprint density at radius 2 is 1.60 bits per heavy atom. The smallest absolute Gasteiger partial charge is 0.272 e. The van der Waals surface area contributed by atoms with E-state index in [9.17, 15) is 14.4 Å². The van der Waals surface area contributed by atoms with Gasteiger partial charge in [0.15, 0.2) is 6.04 Å². The predicted octanol–water partition coefficient (Wildman–Crippen LogP) is 2.61. The van der Waals surface area contributed by atoms with Crippen molar-refractivity contribution in [3.63, 3.8) is 0 Å². The third-order valence-corrected chi connectivity index (χ3v) is 5.37. The molecule has 35 heavy (non-hydrogen) atoms. The summed E-state index contributed by atoms with van der Waals surface area (Å²) in [7, 11) is 3.89. The van der Waals surface area contributed by atoms with Crippen LogP contribution in [0.1, 0.15) is 27.7 Å². The van der Waals surface area contributed by atoms with E-state index in [0.29, 0.717) is 16.3 Å². The summed E-state index contributed by atoms with van der Waals surface area (Å²) in [5, 5.41) is 14.1. The first-order valence-corrected chi connectivity index (χ1v) is 10.9. The molecular formula is C26H24N6O3. The highest BCUT2D eigenvalue weighted by Crippen LogP contribution is 2.20. The number of H-pyrrole nitrogens is 1. The van der Waals surface area contributed by atoms with Crippen LogP contribution in [0.3, 0.4) is 0 Å². The number of hydrogen-bond acceptors (Lipinski definition) is 6. The lowest BCUT2D eigenvalue weighted by atomic mass is 10.0. The van der Waals surface area contributed by atoms with Crippen LogP contribution in [0.4, 0.5) is 5.69 Å². The first-order chi connectivity index (χ1) is 16.9. The van der Waals surface area contributed by atoms with Gasteiger partial charge in [-0.25, -0.2) is 10.5 Å². The monoisotopic (exact) mass is 468 g/mol. The molecule has 1 heterocycles. The normalized spacial score (nSPS) is 11.8. The molecule has 4 rings (SSSR count). The van der Waals surface area contributed by atoms with Crippen LogP contribution in [0.15, 0.2) is 88.8 Å². The van der Waals surface area contributed by atoms with Crippen LogP contribution in [-0.2, 0) is 4.79 Å². The summed E-state index contributed by atoms with van der Waals surface area (Å²) < 4.78 is 0. The average molecular weight is 469 g/mol. The van der Waals surface area contributed by atoms with E-state index in [-0.39, 0.29) is 5.69 Å². The minimum absolute atomic E-state index is 0.201. The molecule has 9 nitrogen and oxygen atoms in total. The highest BCUT2D eigenvalue weighted by Gasteiger charge is 2.27. The van der Waals surface area contributed by atoms with Crippen molar-refractivity contribution in [3.8, 4) is 0 Å². The Balaban J connectivity index is 1.62. The Hall–Kier alpha value is -4.79. The molecule has 3 N–H and O–H groups in total. The highest BCUT2D eigenvalue weighted by atomic mass is 16.2. The number of nitrogens with one attached hydrogen (secondary N) is 3. The van der Waals surface area contributed by atoms with Gasteiger partial charge in [0.05, 0.1) is 11.6 Å². The third kappa shape index (κ3) is 5.41. The van der Waals surface area contributed by atoms with Crippen LogP contribution in [0, 0.1) is 0 Å². The number of fused-ring (bicyclic) bond motifs is 1. The first kappa shape index (κ1) is 23.4. The number of amides is 2. The van der Waals surface area contributed by atoms with Crippen molar-refractivity contribution in [1.29, 1.82) is 0 Å². The number of hydrazone groups is 1. The van der Waals surface area contributed by atoms with E-state index < -0.39 is 23.4 Å². The fourth-order valence-electron chi connectivity index (χ4n) is 3.51. The Kier molecular flexibility index (Phi) is 6.96. The number of rotatable bonds is 7. The molecule has 0 saturated heterocycles. The Morgan fingerprint density at radius 3 is 2.29 bits per heavy atom. The number of aromatic nitrogens is 2.